The van der Waals surface area contributed by atoms with Gasteiger partial charge in [0.15, 0.2) is 0 Å². The van der Waals surface area contributed by atoms with Gasteiger partial charge >= 0.3 is 5.97 Å². The van der Waals surface area contributed by atoms with E-state index in [-0.39, 0.29) is 6.04 Å². The zero-order valence-electron chi connectivity index (χ0n) is 10.8. The molecule has 2 atom stereocenters. The average molecular weight is 269 g/mol. The van der Waals surface area contributed by atoms with Crippen molar-refractivity contribution >= 4 is 17.3 Å². The van der Waals surface area contributed by atoms with Gasteiger partial charge in [0.2, 0.25) is 0 Å². The number of aryl methyl sites for hydroxylation is 1. The van der Waals surface area contributed by atoms with Crippen molar-refractivity contribution in [3.8, 4) is 0 Å². The maximum Gasteiger partial charge on any atom is 0.310 e. The van der Waals surface area contributed by atoms with Crippen molar-refractivity contribution in [2.75, 3.05) is 20.3 Å². The summed E-state index contributed by atoms with van der Waals surface area (Å²) in [5.41, 5.74) is 0. The monoisotopic (exact) mass is 269 g/mol. The first-order valence-electron chi connectivity index (χ1n) is 6.20. The molecule has 1 aromatic heterocycles. The molecule has 1 aliphatic rings. The quantitative estimate of drug-likeness (QED) is 0.886. The van der Waals surface area contributed by atoms with Crippen LogP contribution in [-0.4, -0.2) is 42.3 Å². The SMILES string of the molecule is CCc1ccc(CN(C)C2COCC2C(=O)O)s1. The fraction of sp³-hybridized carbons (Fsp3) is 0.615. The lowest BCUT2D eigenvalue weighted by atomic mass is 10.0. The van der Waals surface area contributed by atoms with Crippen molar-refractivity contribution in [3.63, 3.8) is 0 Å². The van der Waals surface area contributed by atoms with Gasteiger partial charge < -0.3 is 9.84 Å². The van der Waals surface area contributed by atoms with E-state index >= 15 is 0 Å². The number of carboxylic acid groups (broad SMARTS) is 1. The van der Waals surface area contributed by atoms with Crippen molar-refractivity contribution in [3.05, 3.63) is 21.9 Å². The Balaban J connectivity index is 1.98. The van der Waals surface area contributed by atoms with Gasteiger partial charge in [0.25, 0.3) is 0 Å². The Morgan fingerprint density at radius 2 is 2.22 bits per heavy atom. The predicted molar refractivity (Wildman–Crippen MR) is 70.9 cm³/mol. The Morgan fingerprint density at radius 1 is 1.50 bits per heavy atom. The molecule has 2 unspecified atom stereocenters. The zero-order valence-corrected chi connectivity index (χ0v) is 11.6. The molecule has 1 aromatic rings. The van der Waals surface area contributed by atoms with E-state index in [0.29, 0.717) is 13.2 Å². The van der Waals surface area contributed by atoms with E-state index in [1.165, 1.54) is 9.75 Å². The zero-order chi connectivity index (χ0) is 13.1. The lowest BCUT2D eigenvalue weighted by Crippen LogP contribution is -2.40. The van der Waals surface area contributed by atoms with Crippen molar-refractivity contribution in [2.24, 2.45) is 5.92 Å². The summed E-state index contributed by atoms with van der Waals surface area (Å²) in [5, 5.41) is 9.14. The number of nitrogens with zero attached hydrogens (tertiary/aromatic N) is 1. The van der Waals surface area contributed by atoms with Gasteiger partial charge in [0, 0.05) is 22.3 Å². The first kappa shape index (κ1) is 13.5. The molecule has 1 fully saturated rings. The number of likely N-dealkylation sites (N-methyl/N-ethyl adjacent to an activating group) is 1. The Morgan fingerprint density at radius 3 is 2.83 bits per heavy atom. The molecule has 1 aliphatic heterocycles. The summed E-state index contributed by atoms with van der Waals surface area (Å²) in [5.74, 6) is -1.16. The first-order valence-corrected chi connectivity index (χ1v) is 7.01. The Bertz CT molecular complexity index is 418. The summed E-state index contributed by atoms with van der Waals surface area (Å²) < 4.78 is 5.30. The fourth-order valence-electron chi connectivity index (χ4n) is 2.27. The van der Waals surface area contributed by atoms with E-state index in [1.54, 1.807) is 11.3 Å². The van der Waals surface area contributed by atoms with Gasteiger partial charge in [0.1, 0.15) is 0 Å². The number of thiophene rings is 1. The number of aliphatic carboxylic acids is 1. The minimum Gasteiger partial charge on any atom is -0.481 e. The number of rotatable bonds is 5. The van der Waals surface area contributed by atoms with Gasteiger partial charge in [-0.2, -0.15) is 0 Å². The lowest BCUT2D eigenvalue weighted by Gasteiger charge is -2.25. The maximum absolute atomic E-state index is 11.1. The minimum atomic E-state index is -0.759. The van der Waals surface area contributed by atoms with Crippen LogP contribution in [0, 0.1) is 5.92 Å². The van der Waals surface area contributed by atoms with Crippen LogP contribution in [0.25, 0.3) is 0 Å². The van der Waals surface area contributed by atoms with Gasteiger partial charge in [0.05, 0.1) is 19.1 Å². The third-order valence-corrected chi connectivity index (χ3v) is 4.62. The molecule has 5 heteroatoms. The van der Waals surface area contributed by atoms with E-state index in [1.807, 2.05) is 7.05 Å². The highest BCUT2D eigenvalue weighted by atomic mass is 32.1. The van der Waals surface area contributed by atoms with E-state index in [9.17, 15) is 4.79 Å². The second-order valence-corrected chi connectivity index (χ2v) is 5.94. The summed E-state index contributed by atoms with van der Waals surface area (Å²) >= 11 is 1.80. The van der Waals surface area contributed by atoms with Gasteiger partial charge in [-0.15, -0.1) is 11.3 Å². The van der Waals surface area contributed by atoms with Crippen LogP contribution < -0.4 is 0 Å². The Hall–Kier alpha value is -0.910. The summed E-state index contributed by atoms with van der Waals surface area (Å²) in [6, 6.07) is 4.26. The van der Waals surface area contributed by atoms with Crippen molar-refractivity contribution in [1.29, 1.82) is 0 Å². The molecule has 0 bridgehead atoms. The van der Waals surface area contributed by atoms with Crippen LogP contribution in [0.4, 0.5) is 0 Å². The third-order valence-electron chi connectivity index (χ3n) is 3.40. The Kier molecular flexibility index (Phi) is 4.37. The molecule has 18 heavy (non-hydrogen) atoms. The molecule has 4 nitrogen and oxygen atoms in total. The lowest BCUT2D eigenvalue weighted by molar-refractivity contribution is -0.143. The standard InChI is InChI=1S/C13H19NO3S/c1-3-9-4-5-10(18-9)6-14(2)12-8-17-7-11(12)13(15)16/h4-5,11-12H,3,6-8H2,1-2H3,(H,15,16). The smallest absolute Gasteiger partial charge is 0.310 e. The van der Waals surface area contributed by atoms with E-state index in [4.69, 9.17) is 9.84 Å². The largest absolute Gasteiger partial charge is 0.481 e. The predicted octanol–water partition coefficient (Wildman–Crippen LogP) is 1.84. The number of carbonyl (C=O) groups is 1. The fourth-order valence-corrected chi connectivity index (χ4v) is 3.30. The highest BCUT2D eigenvalue weighted by Crippen LogP contribution is 2.23. The van der Waals surface area contributed by atoms with E-state index in [2.05, 4.69) is 24.0 Å². The highest BCUT2D eigenvalue weighted by molar-refractivity contribution is 7.11. The molecule has 0 aliphatic carbocycles. The van der Waals surface area contributed by atoms with Crippen LogP contribution in [0.3, 0.4) is 0 Å². The number of ether oxygens (including phenoxy) is 1. The van der Waals surface area contributed by atoms with E-state index in [0.717, 1.165) is 13.0 Å². The molecule has 2 rings (SSSR count). The minimum absolute atomic E-state index is 0.0188. The molecule has 0 radical (unpaired) electrons. The van der Waals surface area contributed by atoms with Crippen molar-refractivity contribution in [1.82, 2.24) is 4.90 Å². The summed E-state index contributed by atoms with van der Waals surface area (Å²) in [7, 11) is 1.97. The van der Waals surface area contributed by atoms with Crippen LogP contribution in [0.2, 0.25) is 0 Å². The second kappa shape index (κ2) is 5.82. The summed E-state index contributed by atoms with van der Waals surface area (Å²) in [6.45, 7) is 3.78. The second-order valence-electron chi connectivity index (χ2n) is 4.69. The number of carboxylic acids is 1. The molecule has 0 amide bonds. The topological polar surface area (TPSA) is 49.8 Å². The highest BCUT2D eigenvalue weighted by Gasteiger charge is 2.36. The van der Waals surface area contributed by atoms with Gasteiger partial charge in [-0.1, -0.05) is 6.92 Å². The van der Waals surface area contributed by atoms with Gasteiger partial charge in [-0.25, -0.2) is 0 Å². The molecule has 1 N–H and O–H groups in total. The van der Waals surface area contributed by atoms with Crippen LogP contribution in [0.15, 0.2) is 12.1 Å². The van der Waals surface area contributed by atoms with Crippen LogP contribution >= 0.6 is 11.3 Å². The number of hydrogen-bond acceptors (Lipinski definition) is 4. The molecule has 0 saturated carbocycles. The molecule has 0 aromatic carbocycles. The van der Waals surface area contributed by atoms with Crippen LogP contribution in [-0.2, 0) is 22.5 Å². The van der Waals surface area contributed by atoms with Crippen molar-refractivity contribution in [2.45, 2.75) is 25.9 Å². The normalized spacial score (nSPS) is 23.7. The first-order chi connectivity index (χ1) is 8.61. The van der Waals surface area contributed by atoms with Gasteiger partial charge in [-0.05, 0) is 25.6 Å². The summed E-state index contributed by atoms with van der Waals surface area (Å²) in [6.07, 6.45) is 1.05. The van der Waals surface area contributed by atoms with Crippen LogP contribution in [0.1, 0.15) is 16.7 Å². The van der Waals surface area contributed by atoms with Gasteiger partial charge in [-0.3, -0.25) is 9.69 Å². The Labute approximate surface area is 111 Å². The molecular formula is C13H19NO3S. The molecule has 0 spiro atoms. The average Bonchev–Trinajstić information content (AvgIpc) is 2.96. The third kappa shape index (κ3) is 2.91. The summed E-state index contributed by atoms with van der Waals surface area (Å²) in [4.78, 5) is 15.9. The van der Waals surface area contributed by atoms with Crippen molar-refractivity contribution < 1.29 is 14.6 Å². The molecule has 100 valence electrons. The maximum atomic E-state index is 11.1. The molecular weight excluding hydrogens is 250 g/mol. The van der Waals surface area contributed by atoms with Crippen LogP contribution in [0.5, 0.6) is 0 Å². The van der Waals surface area contributed by atoms with E-state index < -0.39 is 11.9 Å². The number of hydrogen-bond donors (Lipinski definition) is 1. The molecule has 1 saturated heterocycles. The molecule has 2 heterocycles.